The van der Waals surface area contributed by atoms with E-state index < -0.39 is 15.8 Å². The maximum absolute atomic E-state index is 14.0. The molecule has 2 aliphatic rings. The number of sulfonamides is 1. The van der Waals surface area contributed by atoms with Gasteiger partial charge in [-0.25, -0.2) is 12.8 Å². The SMILES string of the molecule is C[C@@H]1[C@H](C)CCC[C@@H]1NC(=O)[C@@H](C)[NH+]1CCN(S(=O)(=O)c2ccccc2F)CC1. The van der Waals surface area contributed by atoms with Gasteiger partial charge in [0.2, 0.25) is 10.0 Å². The highest BCUT2D eigenvalue weighted by molar-refractivity contribution is 7.89. The summed E-state index contributed by atoms with van der Waals surface area (Å²) in [6.45, 7) is 7.97. The molecular formula is C21H33FN3O3S+. The molecule has 1 aromatic rings. The number of benzene rings is 1. The minimum absolute atomic E-state index is 0.0383. The molecule has 1 aliphatic heterocycles. The molecule has 1 aliphatic carbocycles. The molecule has 2 N–H and O–H groups in total. The lowest BCUT2D eigenvalue weighted by Gasteiger charge is -2.37. The van der Waals surface area contributed by atoms with Crippen LogP contribution in [0.15, 0.2) is 29.2 Å². The first kappa shape index (κ1) is 22.2. The molecule has 4 atom stereocenters. The Morgan fingerprint density at radius 1 is 1.21 bits per heavy atom. The number of hydrogen-bond acceptors (Lipinski definition) is 3. The van der Waals surface area contributed by atoms with E-state index in [2.05, 4.69) is 19.2 Å². The average Bonchev–Trinajstić information content (AvgIpc) is 2.71. The van der Waals surface area contributed by atoms with Crippen LogP contribution in [0.1, 0.15) is 40.0 Å². The minimum atomic E-state index is -3.85. The van der Waals surface area contributed by atoms with Crippen molar-refractivity contribution in [3.63, 3.8) is 0 Å². The van der Waals surface area contributed by atoms with Crippen LogP contribution in [0.3, 0.4) is 0 Å². The first-order valence-electron chi connectivity index (χ1n) is 10.6. The van der Waals surface area contributed by atoms with Gasteiger partial charge in [-0.05, 0) is 37.3 Å². The van der Waals surface area contributed by atoms with Gasteiger partial charge in [0, 0.05) is 6.04 Å². The van der Waals surface area contributed by atoms with Crippen LogP contribution in [0.25, 0.3) is 0 Å². The van der Waals surface area contributed by atoms with Crippen LogP contribution in [0, 0.1) is 17.7 Å². The van der Waals surface area contributed by atoms with Crippen molar-refractivity contribution in [1.82, 2.24) is 9.62 Å². The number of nitrogens with one attached hydrogen (secondary N) is 2. The van der Waals surface area contributed by atoms with E-state index in [0.29, 0.717) is 24.9 Å². The molecule has 2 fully saturated rings. The lowest BCUT2D eigenvalue weighted by Crippen LogP contribution is -3.19. The Labute approximate surface area is 173 Å². The Bertz CT molecular complexity index is 824. The molecule has 1 amide bonds. The van der Waals surface area contributed by atoms with Crippen molar-refractivity contribution in [2.75, 3.05) is 26.2 Å². The fraction of sp³-hybridized carbons (Fsp3) is 0.667. The van der Waals surface area contributed by atoms with E-state index in [4.69, 9.17) is 0 Å². The third kappa shape index (κ3) is 4.81. The van der Waals surface area contributed by atoms with Gasteiger partial charge in [0.05, 0.1) is 26.2 Å². The summed E-state index contributed by atoms with van der Waals surface area (Å²) in [6.07, 6.45) is 3.38. The zero-order chi connectivity index (χ0) is 21.2. The smallest absolute Gasteiger partial charge is 0.278 e. The molecule has 1 saturated heterocycles. The Balaban J connectivity index is 1.57. The van der Waals surface area contributed by atoms with Crippen LogP contribution in [0.4, 0.5) is 4.39 Å². The van der Waals surface area contributed by atoms with Gasteiger partial charge < -0.3 is 10.2 Å². The monoisotopic (exact) mass is 426 g/mol. The van der Waals surface area contributed by atoms with Crippen LogP contribution in [0.5, 0.6) is 0 Å². The number of nitrogens with zero attached hydrogens (tertiary/aromatic N) is 1. The maximum atomic E-state index is 14.0. The molecule has 0 bridgehead atoms. The number of piperazine rings is 1. The number of halogens is 1. The van der Waals surface area contributed by atoms with Crippen LogP contribution < -0.4 is 10.2 Å². The fourth-order valence-electron chi connectivity index (χ4n) is 4.52. The zero-order valence-corrected chi connectivity index (χ0v) is 18.3. The quantitative estimate of drug-likeness (QED) is 0.739. The Hall–Kier alpha value is -1.51. The molecule has 162 valence electrons. The van der Waals surface area contributed by atoms with Crippen molar-refractivity contribution in [1.29, 1.82) is 0 Å². The third-order valence-corrected chi connectivity index (χ3v) is 8.79. The number of carbonyl (C=O) groups excluding carboxylic acids is 1. The maximum Gasteiger partial charge on any atom is 0.278 e. The Kier molecular flexibility index (Phi) is 6.96. The number of rotatable bonds is 5. The summed E-state index contributed by atoms with van der Waals surface area (Å²) in [5.74, 6) is 0.392. The summed E-state index contributed by atoms with van der Waals surface area (Å²) in [7, 11) is -3.85. The van der Waals surface area contributed by atoms with Crippen molar-refractivity contribution in [2.24, 2.45) is 11.8 Å². The predicted octanol–water partition coefficient (Wildman–Crippen LogP) is 1.04. The second-order valence-corrected chi connectivity index (χ2v) is 10.5. The highest BCUT2D eigenvalue weighted by atomic mass is 32.2. The molecule has 3 rings (SSSR count). The van der Waals surface area contributed by atoms with E-state index in [0.717, 1.165) is 23.8 Å². The average molecular weight is 427 g/mol. The Morgan fingerprint density at radius 2 is 1.86 bits per heavy atom. The van der Waals surface area contributed by atoms with Gasteiger partial charge in [0.25, 0.3) is 5.91 Å². The molecule has 0 spiro atoms. The molecule has 1 saturated carbocycles. The first-order chi connectivity index (χ1) is 13.7. The minimum Gasteiger partial charge on any atom is -0.348 e. The third-order valence-electron chi connectivity index (χ3n) is 6.86. The summed E-state index contributed by atoms with van der Waals surface area (Å²) >= 11 is 0. The molecule has 29 heavy (non-hydrogen) atoms. The van der Waals surface area contributed by atoms with Gasteiger partial charge in [-0.1, -0.05) is 38.8 Å². The van der Waals surface area contributed by atoms with Crippen LogP contribution >= 0.6 is 0 Å². The lowest BCUT2D eigenvalue weighted by molar-refractivity contribution is -0.917. The molecular weight excluding hydrogens is 393 g/mol. The highest BCUT2D eigenvalue weighted by Crippen LogP contribution is 2.29. The topological polar surface area (TPSA) is 70.9 Å². The van der Waals surface area contributed by atoms with E-state index in [1.54, 1.807) is 0 Å². The van der Waals surface area contributed by atoms with Gasteiger partial charge in [0.15, 0.2) is 6.04 Å². The summed E-state index contributed by atoms with van der Waals surface area (Å²) in [5, 5.41) is 3.23. The highest BCUT2D eigenvalue weighted by Gasteiger charge is 2.37. The van der Waals surface area contributed by atoms with Gasteiger partial charge in [-0.15, -0.1) is 0 Å². The lowest BCUT2D eigenvalue weighted by atomic mass is 9.78. The van der Waals surface area contributed by atoms with E-state index >= 15 is 0 Å². The van der Waals surface area contributed by atoms with Gasteiger partial charge in [-0.2, -0.15) is 4.31 Å². The van der Waals surface area contributed by atoms with Crippen molar-refractivity contribution < 1.29 is 22.5 Å². The van der Waals surface area contributed by atoms with E-state index in [-0.39, 0.29) is 36.0 Å². The van der Waals surface area contributed by atoms with E-state index in [1.807, 2.05) is 6.92 Å². The van der Waals surface area contributed by atoms with E-state index in [1.165, 1.54) is 28.9 Å². The zero-order valence-electron chi connectivity index (χ0n) is 17.5. The predicted molar refractivity (Wildman–Crippen MR) is 109 cm³/mol. The summed E-state index contributed by atoms with van der Waals surface area (Å²) in [6, 6.07) is 5.44. The normalized spacial score (nSPS) is 28.1. The van der Waals surface area contributed by atoms with Gasteiger partial charge in [0.1, 0.15) is 10.7 Å². The van der Waals surface area contributed by atoms with Gasteiger partial charge >= 0.3 is 0 Å². The number of carbonyl (C=O) groups is 1. The van der Waals surface area contributed by atoms with Gasteiger partial charge in [-0.3, -0.25) is 4.79 Å². The van der Waals surface area contributed by atoms with Crippen molar-refractivity contribution in [3.8, 4) is 0 Å². The van der Waals surface area contributed by atoms with E-state index in [9.17, 15) is 17.6 Å². The first-order valence-corrected chi connectivity index (χ1v) is 12.1. The second-order valence-electron chi connectivity index (χ2n) is 8.60. The summed E-state index contributed by atoms with van der Waals surface area (Å²) in [5.41, 5.74) is 0. The van der Waals surface area contributed by atoms with Crippen molar-refractivity contribution >= 4 is 15.9 Å². The number of amides is 1. The van der Waals surface area contributed by atoms with Crippen LogP contribution in [0.2, 0.25) is 0 Å². The van der Waals surface area contributed by atoms with Crippen molar-refractivity contribution in [3.05, 3.63) is 30.1 Å². The van der Waals surface area contributed by atoms with Crippen LogP contribution in [-0.2, 0) is 14.8 Å². The molecule has 1 aromatic carbocycles. The molecule has 0 radical (unpaired) electrons. The summed E-state index contributed by atoms with van der Waals surface area (Å²) < 4.78 is 40.8. The standard InChI is InChI=1S/C21H32FN3O3S/c1-15-7-6-9-19(16(15)2)23-21(26)17(3)24-11-13-25(14-12-24)29(27,28)20-10-5-4-8-18(20)22/h4-5,8,10,15-17,19H,6-7,9,11-14H2,1-3H3,(H,23,26)/p+1/t15-,16-,17-,19+/m1/s1. The van der Waals surface area contributed by atoms with Crippen LogP contribution in [-0.4, -0.2) is 56.9 Å². The molecule has 0 unspecified atom stereocenters. The largest absolute Gasteiger partial charge is 0.348 e. The number of hydrogen-bond donors (Lipinski definition) is 2. The summed E-state index contributed by atoms with van der Waals surface area (Å²) in [4.78, 5) is 13.6. The Morgan fingerprint density at radius 3 is 2.52 bits per heavy atom. The number of quaternary nitrogens is 1. The molecule has 6 nitrogen and oxygen atoms in total. The molecule has 0 aromatic heterocycles. The van der Waals surface area contributed by atoms with Crippen molar-refractivity contribution in [2.45, 2.75) is 57.0 Å². The second kappa shape index (κ2) is 9.10. The fourth-order valence-corrected chi connectivity index (χ4v) is 6.03. The molecule has 8 heteroatoms. The molecule has 1 heterocycles.